The number of methoxy groups -OCH3 is 1. The molecule has 160 valence electrons. The SMILES string of the molecule is COc1ccc(NS(=O)(=O)c2cccc(C(=O)NN=C(C)c3ccc(F)cc3)c2)cc1. The van der Waals surface area contributed by atoms with Gasteiger partial charge in [0.15, 0.2) is 0 Å². The average Bonchev–Trinajstić information content (AvgIpc) is 2.78. The molecule has 0 bridgehead atoms. The second kappa shape index (κ2) is 9.40. The van der Waals surface area contributed by atoms with Gasteiger partial charge in [-0.1, -0.05) is 18.2 Å². The Morgan fingerprint density at radius 1 is 0.968 bits per heavy atom. The number of hydrazone groups is 1. The molecule has 7 nitrogen and oxygen atoms in total. The molecule has 0 fully saturated rings. The molecule has 0 unspecified atom stereocenters. The number of carbonyl (C=O) groups is 1. The van der Waals surface area contributed by atoms with Crippen LogP contribution in [0.2, 0.25) is 0 Å². The van der Waals surface area contributed by atoms with Crippen molar-refractivity contribution in [1.29, 1.82) is 0 Å². The Kier molecular flexibility index (Phi) is 6.66. The number of halogens is 1. The lowest BCUT2D eigenvalue weighted by molar-refractivity contribution is 0.0954. The summed E-state index contributed by atoms with van der Waals surface area (Å²) in [6, 6.07) is 17.6. The predicted octanol–water partition coefficient (Wildman–Crippen LogP) is 3.79. The third-order valence-corrected chi connectivity index (χ3v) is 5.71. The number of carbonyl (C=O) groups excluding carboxylic acids is 1. The van der Waals surface area contributed by atoms with Crippen molar-refractivity contribution in [2.45, 2.75) is 11.8 Å². The fourth-order valence-electron chi connectivity index (χ4n) is 2.63. The number of anilines is 1. The fourth-order valence-corrected chi connectivity index (χ4v) is 3.74. The molecule has 1 amide bonds. The van der Waals surface area contributed by atoms with Crippen LogP contribution in [0.1, 0.15) is 22.8 Å². The molecule has 0 aliphatic carbocycles. The average molecular weight is 441 g/mol. The van der Waals surface area contributed by atoms with Crippen molar-refractivity contribution in [2.24, 2.45) is 5.10 Å². The summed E-state index contributed by atoms with van der Waals surface area (Å²) in [7, 11) is -2.39. The van der Waals surface area contributed by atoms with Crippen molar-refractivity contribution in [1.82, 2.24) is 5.43 Å². The van der Waals surface area contributed by atoms with Crippen molar-refractivity contribution in [3.63, 3.8) is 0 Å². The van der Waals surface area contributed by atoms with E-state index in [1.807, 2.05) is 0 Å². The number of ether oxygens (including phenoxy) is 1. The lowest BCUT2D eigenvalue weighted by Crippen LogP contribution is -2.20. The standard InChI is InChI=1S/C22H20FN3O4S/c1-15(16-6-8-18(23)9-7-16)24-25-22(27)17-4-3-5-21(14-17)31(28,29)26-19-10-12-20(30-2)13-11-19/h3-14,26H,1-2H3,(H,25,27). The largest absolute Gasteiger partial charge is 0.497 e. The maximum atomic E-state index is 13.0. The summed E-state index contributed by atoms with van der Waals surface area (Å²) in [6.07, 6.45) is 0. The molecule has 0 atom stereocenters. The monoisotopic (exact) mass is 441 g/mol. The van der Waals surface area contributed by atoms with Crippen LogP contribution >= 0.6 is 0 Å². The van der Waals surface area contributed by atoms with Gasteiger partial charge in [0.05, 0.1) is 17.7 Å². The molecule has 3 aromatic carbocycles. The number of rotatable bonds is 7. The summed E-state index contributed by atoms with van der Waals surface area (Å²) in [5.41, 5.74) is 3.97. The van der Waals surface area contributed by atoms with Gasteiger partial charge in [0.1, 0.15) is 11.6 Å². The molecular weight excluding hydrogens is 421 g/mol. The number of hydrogen-bond acceptors (Lipinski definition) is 5. The van der Waals surface area contributed by atoms with Crippen LogP contribution in [0.3, 0.4) is 0 Å². The van der Waals surface area contributed by atoms with E-state index < -0.39 is 15.9 Å². The maximum absolute atomic E-state index is 13.0. The van der Waals surface area contributed by atoms with Gasteiger partial charge in [-0.3, -0.25) is 9.52 Å². The Balaban J connectivity index is 1.74. The zero-order valence-corrected chi connectivity index (χ0v) is 17.6. The molecule has 9 heteroatoms. The Labute approximate surface area is 179 Å². The van der Waals surface area contributed by atoms with Crippen LogP contribution < -0.4 is 14.9 Å². The van der Waals surface area contributed by atoms with Crippen LogP contribution in [0.15, 0.2) is 82.8 Å². The number of hydrogen-bond donors (Lipinski definition) is 2. The zero-order valence-electron chi connectivity index (χ0n) is 16.8. The molecule has 2 N–H and O–H groups in total. The van der Waals surface area contributed by atoms with E-state index in [0.717, 1.165) is 0 Å². The first-order valence-corrected chi connectivity index (χ1v) is 10.6. The second-order valence-electron chi connectivity index (χ2n) is 6.51. The smallest absolute Gasteiger partial charge is 0.271 e. The van der Waals surface area contributed by atoms with E-state index >= 15 is 0 Å². The first kappa shape index (κ1) is 22.0. The highest BCUT2D eigenvalue weighted by Gasteiger charge is 2.16. The first-order valence-electron chi connectivity index (χ1n) is 9.16. The Morgan fingerprint density at radius 3 is 2.29 bits per heavy atom. The zero-order chi connectivity index (χ0) is 22.4. The van der Waals surface area contributed by atoms with Crippen molar-refractivity contribution in [2.75, 3.05) is 11.8 Å². The summed E-state index contributed by atoms with van der Waals surface area (Å²) >= 11 is 0. The quantitative estimate of drug-likeness (QED) is 0.431. The summed E-state index contributed by atoms with van der Waals surface area (Å²) in [6.45, 7) is 1.66. The van der Waals surface area contributed by atoms with Crippen molar-refractivity contribution in [3.05, 3.63) is 89.7 Å². The predicted molar refractivity (Wildman–Crippen MR) is 116 cm³/mol. The van der Waals surface area contributed by atoms with E-state index in [0.29, 0.717) is 22.7 Å². The number of nitrogens with zero attached hydrogens (tertiary/aromatic N) is 1. The van der Waals surface area contributed by atoms with Crippen LogP contribution in [0.5, 0.6) is 5.75 Å². The van der Waals surface area contributed by atoms with E-state index in [9.17, 15) is 17.6 Å². The molecule has 31 heavy (non-hydrogen) atoms. The first-order chi connectivity index (χ1) is 14.8. The lowest BCUT2D eigenvalue weighted by atomic mass is 10.1. The topological polar surface area (TPSA) is 96.9 Å². The summed E-state index contributed by atoms with van der Waals surface area (Å²) in [5.74, 6) is -0.358. The van der Waals surface area contributed by atoms with Gasteiger partial charge in [-0.05, 0) is 67.1 Å². The van der Waals surface area contributed by atoms with Crippen molar-refractivity contribution < 1.29 is 22.3 Å². The number of amides is 1. The highest BCUT2D eigenvalue weighted by molar-refractivity contribution is 7.92. The van der Waals surface area contributed by atoms with Gasteiger partial charge in [0.2, 0.25) is 0 Å². The summed E-state index contributed by atoms with van der Waals surface area (Å²) in [4.78, 5) is 12.4. The van der Waals surface area contributed by atoms with Crippen LogP contribution in [0, 0.1) is 5.82 Å². The van der Waals surface area contributed by atoms with Gasteiger partial charge in [-0.25, -0.2) is 18.2 Å². The van der Waals surface area contributed by atoms with Gasteiger partial charge < -0.3 is 4.74 Å². The maximum Gasteiger partial charge on any atom is 0.271 e. The molecule has 3 rings (SSSR count). The Morgan fingerprint density at radius 2 is 1.65 bits per heavy atom. The van der Waals surface area contributed by atoms with Crippen molar-refractivity contribution in [3.8, 4) is 5.75 Å². The van der Waals surface area contributed by atoms with Gasteiger partial charge in [-0.2, -0.15) is 5.10 Å². The summed E-state index contributed by atoms with van der Waals surface area (Å²) in [5, 5.41) is 3.99. The molecule has 0 saturated heterocycles. The lowest BCUT2D eigenvalue weighted by Gasteiger charge is -2.10. The van der Waals surface area contributed by atoms with E-state index in [2.05, 4.69) is 15.2 Å². The van der Waals surface area contributed by atoms with Crippen LogP contribution in [0.25, 0.3) is 0 Å². The molecule has 0 aliphatic rings. The van der Waals surface area contributed by atoms with Crippen LogP contribution in [-0.2, 0) is 10.0 Å². The van der Waals surface area contributed by atoms with Crippen LogP contribution in [0.4, 0.5) is 10.1 Å². The van der Waals surface area contributed by atoms with E-state index in [-0.39, 0.29) is 16.3 Å². The molecular formula is C22H20FN3O4S. The minimum absolute atomic E-state index is 0.0739. The number of benzene rings is 3. The van der Waals surface area contributed by atoms with E-state index in [1.165, 1.54) is 43.5 Å². The Hall–Kier alpha value is -3.72. The molecule has 0 heterocycles. The highest BCUT2D eigenvalue weighted by Crippen LogP contribution is 2.20. The van der Waals surface area contributed by atoms with Gasteiger partial charge >= 0.3 is 0 Å². The molecule has 3 aromatic rings. The van der Waals surface area contributed by atoms with Gasteiger partial charge in [0, 0.05) is 11.3 Å². The van der Waals surface area contributed by atoms with Crippen molar-refractivity contribution >= 4 is 27.3 Å². The Bertz CT molecular complexity index is 1210. The number of sulfonamides is 1. The second-order valence-corrected chi connectivity index (χ2v) is 8.19. The van der Waals surface area contributed by atoms with Crippen LogP contribution in [-0.4, -0.2) is 27.1 Å². The van der Waals surface area contributed by atoms with E-state index in [4.69, 9.17) is 4.74 Å². The summed E-state index contributed by atoms with van der Waals surface area (Å²) < 4.78 is 45.9. The third-order valence-electron chi connectivity index (χ3n) is 4.34. The number of nitrogens with one attached hydrogen (secondary N) is 2. The molecule has 0 saturated carbocycles. The molecule has 0 spiro atoms. The fraction of sp³-hybridized carbons (Fsp3) is 0.0909. The highest BCUT2D eigenvalue weighted by atomic mass is 32.2. The minimum Gasteiger partial charge on any atom is -0.497 e. The van der Waals surface area contributed by atoms with Gasteiger partial charge in [-0.15, -0.1) is 0 Å². The molecule has 0 radical (unpaired) electrons. The molecule has 0 aromatic heterocycles. The minimum atomic E-state index is -3.91. The third kappa shape index (κ3) is 5.67. The van der Waals surface area contributed by atoms with E-state index in [1.54, 1.807) is 43.3 Å². The normalized spacial score (nSPS) is 11.6. The van der Waals surface area contributed by atoms with Gasteiger partial charge in [0.25, 0.3) is 15.9 Å². The molecule has 0 aliphatic heterocycles.